The Kier molecular flexibility index (Phi) is 9.12. The molecule has 1 aromatic heterocycles. The van der Waals surface area contributed by atoms with Crippen molar-refractivity contribution < 1.29 is 29.7 Å². The largest absolute Gasteiger partial charge is 0.480 e. The number of rotatable bonds is 8. The molecule has 3 rings (SSSR count). The zero-order valence-electron chi connectivity index (χ0n) is 19.4. The molecule has 1 aromatic carbocycles. The number of nitrogens with two attached hydrogens (primary N) is 1. The highest BCUT2D eigenvalue weighted by atomic mass is 16.4. The summed E-state index contributed by atoms with van der Waals surface area (Å²) in [5.74, 6) is -2.98. The maximum absolute atomic E-state index is 11.8. The maximum Gasteiger partial charge on any atom is 0.317 e. The van der Waals surface area contributed by atoms with Crippen LogP contribution in [-0.2, 0) is 33.9 Å². The second kappa shape index (κ2) is 12.2. The van der Waals surface area contributed by atoms with Crippen molar-refractivity contribution in [3.05, 3.63) is 59.4 Å². The van der Waals surface area contributed by atoms with Crippen LogP contribution < -0.4 is 5.73 Å². The van der Waals surface area contributed by atoms with Crippen LogP contribution in [0.25, 0.3) is 0 Å². The summed E-state index contributed by atoms with van der Waals surface area (Å²) in [5.41, 5.74) is 8.69. The van der Waals surface area contributed by atoms with E-state index in [1.165, 1.54) is 0 Å². The molecule has 1 aliphatic rings. The van der Waals surface area contributed by atoms with Crippen molar-refractivity contribution in [3.8, 4) is 0 Å². The van der Waals surface area contributed by atoms with Gasteiger partial charge in [0.1, 0.15) is 0 Å². The van der Waals surface area contributed by atoms with E-state index >= 15 is 0 Å². The van der Waals surface area contributed by atoms with E-state index in [-0.39, 0.29) is 45.3 Å². The van der Waals surface area contributed by atoms with E-state index in [1.807, 2.05) is 18.2 Å². The van der Waals surface area contributed by atoms with Crippen LogP contribution >= 0.6 is 0 Å². The van der Waals surface area contributed by atoms with Crippen molar-refractivity contribution in [2.45, 2.75) is 25.6 Å². The Bertz CT molecular complexity index is 1030. The lowest BCUT2D eigenvalue weighted by Crippen LogP contribution is -2.50. The van der Waals surface area contributed by atoms with Crippen LogP contribution in [0.4, 0.5) is 5.69 Å². The fourth-order valence-electron chi connectivity index (χ4n) is 4.28. The Balaban J connectivity index is 1.99. The Morgan fingerprint density at radius 3 is 2.03 bits per heavy atom. The van der Waals surface area contributed by atoms with Crippen LogP contribution in [0, 0.1) is 0 Å². The topological polar surface area (TPSA) is 161 Å². The Morgan fingerprint density at radius 2 is 1.40 bits per heavy atom. The number of hydrogen-bond acceptors (Lipinski definition) is 8. The van der Waals surface area contributed by atoms with E-state index in [9.17, 15) is 29.7 Å². The van der Waals surface area contributed by atoms with Gasteiger partial charge in [-0.25, -0.2) is 0 Å². The third kappa shape index (κ3) is 8.63. The zero-order valence-corrected chi connectivity index (χ0v) is 19.4. The molecular weight excluding hydrogens is 454 g/mol. The fraction of sp³-hybridized carbons (Fsp3) is 0.417. The quantitative estimate of drug-likeness (QED) is 0.384. The van der Waals surface area contributed by atoms with Crippen LogP contribution in [0.5, 0.6) is 0 Å². The minimum atomic E-state index is -1.01. The van der Waals surface area contributed by atoms with Gasteiger partial charge in [0.15, 0.2) is 0 Å². The molecule has 0 unspecified atom stereocenters. The number of nitrogen functional groups attached to an aromatic ring is 1. The van der Waals surface area contributed by atoms with E-state index in [0.717, 1.165) is 5.56 Å². The molecule has 11 heteroatoms. The molecule has 2 bridgehead atoms. The monoisotopic (exact) mass is 485 g/mol. The van der Waals surface area contributed by atoms with Gasteiger partial charge in [-0.3, -0.25) is 34.1 Å². The number of pyridine rings is 1. The van der Waals surface area contributed by atoms with Crippen molar-refractivity contribution in [1.82, 2.24) is 19.7 Å². The van der Waals surface area contributed by atoms with Gasteiger partial charge in [0.05, 0.1) is 31.0 Å². The molecule has 11 nitrogen and oxygen atoms in total. The third-order valence-corrected chi connectivity index (χ3v) is 5.84. The van der Waals surface area contributed by atoms with Crippen LogP contribution in [0.2, 0.25) is 0 Å². The number of carboxylic acids is 3. The first-order valence-electron chi connectivity index (χ1n) is 11.3. The SMILES string of the molecule is Nc1ccc(C[C@H]2CN(CC(=O)O)CCN(CC(=O)O)Cc3cccc(n3)CN2CC(=O)O)cc1. The zero-order chi connectivity index (χ0) is 25.4. The summed E-state index contributed by atoms with van der Waals surface area (Å²) in [6.07, 6.45) is 0.474. The molecule has 2 aromatic rings. The van der Waals surface area contributed by atoms with Crippen molar-refractivity contribution in [3.63, 3.8) is 0 Å². The van der Waals surface area contributed by atoms with Crippen LogP contribution in [0.15, 0.2) is 42.5 Å². The molecule has 0 aliphatic carbocycles. The molecular formula is C24H31N5O6. The lowest BCUT2D eigenvalue weighted by Gasteiger charge is -2.35. The number of hydrogen-bond donors (Lipinski definition) is 4. The normalized spacial score (nSPS) is 18.3. The first kappa shape index (κ1) is 26.1. The molecule has 1 aliphatic heterocycles. The van der Waals surface area contributed by atoms with Crippen LogP contribution in [0.1, 0.15) is 17.0 Å². The average Bonchev–Trinajstić information content (AvgIpc) is 2.76. The van der Waals surface area contributed by atoms with Gasteiger partial charge in [0.2, 0.25) is 0 Å². The standard InChI is InChI=1S/C24H31N5O6/c25-18-6-4-17(5-7-18)10-21-13-28(15-23(32)33)9-8-27(14-22(30)31)11-19-2-1-3-20(26-19)12-29(21)16-24(34)35/h1-7,21H,8-16,25H2,(H,30,31)(H,32,33)(H,34,35)/t21-/m0/s1. The second-order valence-electron chi connectivity index (χ2n) is 8.75. The van der Waals surface area contributed by atoms with Crippen molar-refractivity contribution >= 4 is 23.6 Å². The van der Waals surface area contributed by atoms with Crippen molar-refractivity contribution in [2.24, 2.45) is 0 Å². The molecule has 1 atom stereocenters. The Morgan fingerprint density at radius 1 is 0.829 bits per heavy atom. The summed E-state index contributed by atoms with van der Waals surface area (Å²) in [6.45, 7) is 0.754. The summed E-state index contributed by atoms with van der Waals surface area (Å²) in [6, 6.07) is 12.4. The van der Waals surface area contributed by atoms with Gasteiger partial charge in [-0.1, -0.05) is 18.2 Å². The van der Waals surface area contributed by atoms with Crippen molar-refractivity contribution in [1.29, 1.82) is 0 Å². The maximum atomic E-state index is 11.8. The first-order valence-corrected chi connectivity index (χ1v) is 11.3. The minimum Gasteiger partial charge on any atom is -0.480 e. The highest BCUT2D eigenvalue weighted by Gasteiger charge is 2.27. The van der Waals surface area contributed by atoms with Gasteiger partial charge in [0, 0.05) is 44.5 Å². The molecule has 0 spiro atoms. The van der Waals surface area contributed by atoms with Gasteiger partial charge < -0.3 is 21.1 Å². The van der Waals surface area contributed by atoms with Crippen LogP contribution in [0.3, 0.4) is 0 Å². The smallest absolute Gasteiger partial charge is 0.317 e. The van der Waals surface area contributed by atoms with Gasteiger partial charge in [-0.2, -0.15) is 0 Å². The first-order chi connectivity index (χ1) is 16.7. The number of carboxylic acid groups (broad SMARTS) is 3. The van der Waals surface area contributed by atoms with E-state index in [4.69, 9.17) is 5.73 Å². The van der Waals surface area contributed by atoms with Gasteiger partial charge in [-0.05, 0) is 36.2 Å². The molecule has 2 heterocycles. The van der Waals surface area contributed by atoms with E-state index in [2.05, 4.69) is 4.98 Å². The lowest BCUT2D eigenvalue weighted by molar-refractivity contribution is -0.141. The van der Waals surface area contributed by atoms with Gasteiger partial charge >= 0.3 is 17.9 Å². The highest BCUT2D eigenvalue weighted by Crippen LogP contribution is 2.17. The molecule has 5 N–H and O–H groups in total. The number of aromatic nitrogens is 1. The summed E-state index contributed by atoms with van der Waals surface area (Å²) in [7, 11) is 0. The molecule has 0 amide bonds. The summed E-state index contributed by atoms with van der Waals surface area (Å²) in [5, 5.41) is 28.5. The molecule has 0 fully saturated rings. The van der Waals surface area contributed by atoms with Crippen LogP contribution in [-0.4, -0.2) is 98.2 Å². The van der Waals surface area contributed by atoms with Gasteiger partial charge in [0.25, 0.3) is 0 Å². The second-order valence-corrected chi connectivity index (χ2v) is 8.75. The molecule has 0 saturated carbocycles. The summed E-state index contributed by atoms with van der Waals surface area (Å²) in [4.78, 5) is 44.7. The number of aliphatic carboxylic acids is 3. The van der Waals surface area contributed by atoms with Gasteiger partial charge in [-0.15, -0.1) is 0 Å². The number of benzene rings is 1. The number of carbonyl (C=O) groups is 3. The van der Waals surface area contributed by atoms with E-state index in [0.29, 0.717) is 36.6 Å². The van der Waals surface area contributed by atoms with E-state index in [1.54, 1.807) is 39.0 Å². The number of fused-ring (bicyclic) bond motifs is 2. The Labute approximate surface area is 203 Å². The molecule has 0 radical (unpaired) electrons. The average molecular weight is 486 g/mol. The highest BCUT2D eigenvalue weighted by molar-refractivity contribution is 5.70. The minimum absolute atomic E-state index is 0.202. The number of anilines is 1. The predicted octanol–water partition coefficient (Wildman–Crippen LogP) is 0.449. The van der Waals surface area contributed by atoms with Crippen molar-refractivity contribution in [2.75, 3.05) is 45.0 Å². The summed E-state index contributed by atoms with van der Waals surface area (Å²) >= 11 is 0. The molecule has 35 heavy (non-hydrogen) atoms. The fourth-order valence-corrected chi connectivity index (χ4v) is 4.28. The molecule has 188 valence electrons. The van der Waals surface area contributed by atoms with E-state index < -0.39 is 17.9 Å². The number of nitrogens with zero attached hydrogens (tertiary/aromatic N) is 4. The molecule has 0 saturated heterocycles. The summed E-state index contributed by atoms with van der Waals surface area (Å²) < 4.78 is 0. The lowest BCUT2D eigenvalue weighted by atomic mass is 10.0. The Hall–Kier alpha value is -3.54. The third-order valence-electron chi connectivity index (χ3n) is 5.84. The predicted molar refractivity (Wildman–Crippen MR) is 128 cm³/mol.